The van der Waals surface area contributed by atoms with Gasteiger partial charge in [0.1, 0.15) is 6.61 Å². The topological polar surface area (TPSA) is 38.8 Å². The first-order valence-electron chi connectivity index (χ1n) is 8.82. The fourth-order valence-electron chi connectivity index (χ4n) is 2.60. The average Bonchev–Trinajstić information content (AvgIpc) is 2.52. The quantitative estimate of drug-likeness (QED) is 0.732. The van der Waals surface area contributed by atoms with Crippen molar-refractivity contribution in [1.29, 1.82) is 0 Å². The van der Waals surface area contributed by atoms with Crippen molar-refractivity contribution in [3.8, 4) is 0 Å². The fraction of sp³-hybridized carbons (Fsp3) is 0.632. The monoisotopic (exact) mass is 349 g/mol. The van der Waals surface area contributed by atoms with Gasteiger partial charge in [-0.1, -0.05) is 51.1 Å². The summed E-state index contributed by atoms with van der Waals surface area (Å²) in [5.74, 6) is 0. The van der Waals surface area contributed by atoms with Gasteiger partial charge in [-0.2, -0.15) is 0 Å². The van der Waals surface area contributed by atoms with Gasteiger partial charge in [-0.25, -0.2) is 4.79 Å². The van der Waals surface area contributed by atoms with Crippen molar-refractivity contribution in [3.05, 3.63) is 35.9 Å². The van der Waals surface area contributed by atoms with Crippen LogP contribution in [0.15, 0.2) is 30.3 Å². The molecule has 1 fully saturated rings. The largest absolute Gasteiger partial charge is 0.445 e. The van der Waals surface area contributed by atoms with E-state index in [0.717, 1.165) is 24.9 Å². The van der Waals surface area contributed by atoms with E-state index < -0.39 is 8.32 Å². The zero-order valence-electron chi connectivity index (χ0n) is 15.7. The molecule has 1 heterocycles. The SMILES string of the molecule is CC(C)(C)[Si](C)(C)O[C@@H]1CCCN(C(=O)OCc2ccccc2)C1. The van der Waals surface area contributed by atoms with E-state index in [2.05, 4.69) is 33.9 Å². The Bertz CT molecular complexity index is 539. The molecule has 1 atom stereocenters. The summed E-state index contributed by atoms with van der Waals surface area (Å²) in [5, 5.41) is 0.184. The molecular weight excluding hydrogens is 318 g/mol. The van der Waals surface area contributed by atoms with Crippen molar-refractivity contribution in [2.24, 2.45) is 0 Å². The Morgan fingerprint density at radius 3 is 2.54 bits per heavy atom. The van der Waals surface area contributed by atoms with Gasteiger partial charge in [-0.3, -0.25) is 0 Å². The summed E-state index contributed by atoms with van der Waals surface area (Å²) >= 11 is 0. The Morgan fingerprint density at radius 2 is 1.92 bits per heavy atom. The van der Waals surface area contributed by atoms with Gasteiger partial charge in [0.15, 0.2) is 8.32 Å². The van der Waals surface area contributed by atoms with Crippen LogP contribution >= 0.6 is 0 Å². The second-order valence-corrected chi connectivity index (χ2v) is 12.9. The number of rotatable bonds is 4. The second kappa shape index (κ2) is 7.70. The van der Waals surface area contributed by atoms with Gasteiger partial charge in [0.25, 0.3) is 0 Å². The molecular formula is C19H31NO3Si. The Hall–Kier alpha value is -1.33. The van der Waals surface area contributed by atoms with E-state index in [-0.39, 0.29) is 17.2 Å². The number of hydrogen-bond donors (Lipinski definition) is 0. The number of piperidine rings is 1. The third-order valence-corrected chi connectivity index (χ3v) is 9.64. The number of ether oxygens (including phenoxy) is 1. The van der Waals surface area contributed by atoms with E-state index in [0.29, 0.717) is 13.2 Å². The summed E-state index contributed by atoms with van der Waals surface area (Å²) in [6.45, 7) is 13.0. The predicted octanol–water partition coefficient (Wildman–Crippen LogP) is 4.81. The molecule has 24 heavy (non-hydrogen) atoms. The Morgan fingerprint density at radius 1 is 1.25 bits per heavy atom. The maximum Gasteiger partial charge on any atom is 0.410 e. The summed E-state index contributed by atoms with van der Waals surface area (Å²) in [4.78, 5) is 14.1. The van der Waals surface area contributed by atoms with E-state index in [1.807, 2.05) is 30.3 Å². The zero-order valence-corrected chi connectivity index (χ0v) is 16.7. The first kappa shape index (κ1) is 19.0. The van der Waals surface area contributed by atoms with Crippen LogP contribution in [0, 0.1) is 0 Å². The van der Waals surface area contributed by atoms with Crippen LogP contribution in [0.3, 0.4) is 0 Å². The molecule has 134 valence electrons. The molecule has 0 bridgehead atoms. The minimum Gasteiger partial charge on any atom is -0.445 e. The van der Waals surface area contributed by atoms with Gasteiger partial charge >= 0.3 is 6.09 Å². The van der Waals surface area contributed by atoms with Crippen LogP contribution in [0.1, 0.15) is 39.2 Å². The molecule has 4 nitrogen and oxygen atoms in total. The van der Waals surface area contributed by atoms with E-state index in [1.165, 1.54) is 0 Å². The molecule has 0 aliphatic carbocycles. The number of carbonyl (C=O) groups excluding carboxylic acids is 1. The number of carbonyl (C=O) groups is 1. The molecule has 0 unspecified atom stereocenters. The van der Waals surface area contributed by atoms with Gasteiger partial charge < -0.3 is 14.1 Å². The van der Waals surface area contributed by atoms with E-state index >= 15 is 0 Å². The smallest absolute Gasteiger partial charge is 0.410 e. The minimum absolute atomic E-state index is 0.129. The first-order chi connectivity index (χ1) is 11.2. The molecule has 0 saturated carbocycles. The molecule has 2 rings (SSSR count). The Labute approximate surface area is 147 Å². The second-order valence-electron chi connectivity index (χ2n) is 8.13. The van der Waals surface area contributed by atoms with Gasteiger partial charge in [-0.15, -0.1) is 0 Å². The number of amides is 1. The van der Waals surface area contributed by atoms with Gasteiger partial charge in [0, 0.05) is 13.1 Å². The molecule has 1 aromatic carbocycles. The highest BCUT2D eigenvalue weighted by molar-refractivity contribution is 6.74. The Balaban J connectivity index is 1.87. The van der Waals surface area contributed by atoms with Crippen LogP contribution < -0.4 is 0 Å². The maximum atomic E-state index is 12.3. The molecule has 1 aliphatic rings. The summed E-state index contributed by atoms with van der Waals surface area (Å²) < 4.78 is 11.9. The van der Waals surface area contributed by atoms with Gasteiger partial charge in [0.05, 0.1) is 6.10 Å². The number of hydrogen-bond acceptors (Lipinski definition) is 3. The van der Waals surface area contributed by atoms with Crippen LogP contribution in [0.25, 0.3) is 0 Å². The molecule has 0 aromatic heterocycles. The lowest BCUT2D eigenvalue weighted by atomic mass is 10.1. The highest BCUT2D eigenvalue weighted by Gasteiger charge is 2.40. The van der Waals surface area contributed by atoms with Crippen molar-refractivity contribution >= 4 is 14.4 Å². The lowest BCUT2D eigenvalue weighted by Crippen LogP contribution is -2.50. The summed E-state index contributed by atoms with van der Waals surface area (Å²) in [6, 6.07) is 9.79. The fourth-order valence-corrected chi connectivity index (χ4v) is 3.98. The van der Waals surface area contributed by atoms with Crippen LogP contribution in [0.5, 0.6) is 0 Å². The molecule has 0 N–H and O–H groups in total. The molecule has 1 aliphatic heterocycles. The van der Waals surface area contributed by atoms with Crippen LogP contribution in [-0.2, 0) is 15.8 Å². The molecule has 1 aromatic rings. The molecule has 0 spiro atoms. The van der Waals surface area contributed by atoms with E-state index in [9.17, 15) is 4.79 Å². The van der Waals surface area contributed by atoms with Crippen LogP contribution in [-0.4, -0.2) is 38.5 Å². The lowest BCUT2D eigenvalue weighted by Gasteiger charge is -2.42. The third kappa shape index (κ3) is 5.08. The molecule has 1 saturated heterocycles. The summed E-state index contributed by atoms with van der Waals surface area (Å²) in [6.07, 6.45) is 1.89. The summed E-state index contributed by atoms with van der Waals surface area (Å²) in [7, 11) is -1.81. The number of benzene rings is 1. The van der Waals surface area contributed by atoms with Crippen molar-refractivity contribution in [2.75, 3.05) is 13.1 Å². The normalized spacial score (nSPS) is 19.2. The van der Waals surface area contributed by atoms with Crippen molar-refractivity contribution in [2.45, 2.75) is 64.5 Å². The zero-order chi connectivity index (χ0) is 17.8. The standard InChI is InChI=1S/C19H31NO3Si/c1-19(2,3)24(4,5)23-17-12-9-13-20(14-17)18(21)22-15-16-10-7-6-8-11-16/h6-8,10-11,17H,9,12-15H2,1-5H3/t17-/m1/s1. The first-order valence-corrected chi connectivity index (χ1v) is 11.7. The highest BCUT2D eigenvalue weighted by atomic mass is 28.4. The van der Waals surface area contributed by atoms with Crippen LogP contribution in [0.4, 0.5) is 4.79 Å². The van der Waals surface area contributed by atoms with E-state index in [4.69, 9.17) is 9.16 Å². The van der Waals surface area contributed by atoms with E-state index in [1.54, 1.807) is 4.90 Å². The van der Waals surface area contributed by atoms with Gasteiger partial charge in [0.2, 0.25) is 0 Å². The van der Waals surface area contributed by atoms with Crippen molar-refractivity contribution < 1.29 is 14.0 Å². The minimum atomic E-state index is -1.81. The maximum absolute atomic E-state index is 12.3. The molecule has 5 heteroatoms. The van der Waals surface area contributed by atoms with Crippen molar-refractivity contribution in [3.63, 3.8) is 0 Å². The average molecular weight is 350 g/mol. The number of nitrogens with zero attached hydrogens (tertiary/aromatic N) is 1. The summed E-state index contributed by atoms with van der Waals surface area (Å²) in [5.41, 5.74) is 1.01. The van der Waals surface area contributed by atoms with Gasteiger partial charge in [-0.05, 0) is 36.5 Å². The third-order valence-electron chi connectivity index (χ3n) is 5.11. The lowest BCUT2D eigenvalue weighted by molar-refractivity contribution is 0.0503. The highest BCUT2D eigenvalue weighted by Crippen LogP contribution is 2.38. The van der Waals surface area contributed by atoms with Crippen LogP contribution in [0.2, 0.25) is 18.1 Å². The molecule has 1 amide bonds. The predicted molar refractivity (Wildman–Crippen MR) is 99.5 cm³/mol. The van der Waals surface area contributed by atoms with Crippen molar-refractivity contribution in [1.82, 2.24) is 4.90 Å². The Kier molecular flexibility index (Phi) is 6.10. The number of likely N-dealkylation sites (tertiary alicyclic amines) is 1. The molecule has 0 radical (unpaired) electrons.